The van der Waals surface area contributed by atoms with Crippen LogP contribution in [0.1, 0.15) is 5.56 Å². The van der Waals surface area contributed by atoms with Crippen LogP contribution in [0.5, 0.6) is 0 Å². The fourth-order valence-electron chi connectivity index (χ4n) is 1.04. The summed E-state index contributed by atoms with van der Waals surface area (Å²) in [5, 5.41) is 0. The highest BCUT2D eigenvalue weighted by Crippen LogP contribution is 2.17. The first kappa shape index (κ1) is 12.1. The lowest BCUT2D eigenvalue weighted by atomic mass is 10.2. The lowest BCUT2D eigenvalue weighted by molar-refractivity contribution is 0.208. The highest BCUT2D eigenvalue weighted by molar-refractivity contribution is 9.10. The lowest BCUT2D eigenvalue weighted by Gasteiger charge is -2.04. The van der Waals surface area contributed by atoms with Crippen LogP contribution in [-0.4, -0.2) is 26.1 Å². The second-order valence-corrected chi connectivity index (χ2v) is 3.74. The van der Waals surface area contributed by atoms with E-state index in [1.54, 1.807) is 13.2 Å². The standard InChI is InChI=1S/C10H12BrFN2O/c1-15-5-4-14-10(13)8-3-2-7(12)6-9(8)11/h2-3,6H,4-5H2,1H3,(H2,13,14). The maximum atomic E-state index is 12.8. The Morgan fingerprint density at radius 3 is 2.93 bits per heavy atom. The first-order valence-corrected chi connectivity index (χ1v) is 5.18. The van der Waals surface area contributed by atoms with Gasteiger partial charge in [-0.05, 0) is 34.1 Å². The quantitative estimate of drug-likeness (QED) is 0.518. The van der Waals surface area contributed by atoms with Crippen molar-refractivity contribution >= 4 is 21.8 Å². The summed E-state index contributed by atoms with van der Waals surface area (Å²) in [6, 6.07) is 4.29. The minimum Gasteiger partial charge on any atom is -0.383 e. The molecule has 15 heavy (non-hydrogen) atoms. The molecule has 0 unspecified atom stereocenters. The van der Waals surface area contributed by atoms with Crippen molar-refractivity contribution in [3.63, 3.8) is 0 Å². The van der Waals surface area contributed by atoms with E-state index in [2.05, 4.69) is 20.9 Å². The van der Waals surface area contributed by atoms with E-state index in [0.29, 0.717) is 29.0 Å². The van der Waals surface area contributed by atoms with Gasteiger partial charge < -0.3 is 10.5 Å². The predicted molar refractivity (Wildman–Crippen MR) is 61.6 cm³/mol. The van der Waals surface area contributed by atoms with Crippen LogP contribution < -0.4 is 5.73 Å². The van der Waals surface area contributed by atoms with Crippen LogP contribution in [-0.2, 0) is 4.74 Å². The van der Waals surface area contributed by atoms with Gasteiger partial charge in [0.05, 0.1) is 13.2 Å². The van der Waals surface area contributed by atoms with Gasteiger partial charge in [0.25, 0.3) is 0 Å². The molecule has 0 fully saturated rings. The van der Waals surface area contributed by atoms with E-state index in [4.69, 9.17) is 10.5 Å². The van der Waals surface area contributed by atoms with E-state index in [0.717, 1.165) is 0 Å². The molecule has 0 saturated carbocycles. The minimum atomic E-state index is -0.310. The highest BCUT2D eigenvalue weighted by Gasteiger charge is 2.04. The Labute approximate surface area is 96.3 Å². The average molecular weight is 275 g/mol. The Balaban J connectivity index is 2.81. The van der Waals surface area contributed by atoms with Crippen LogP contribution in [0.2, 0.25) is 0 Å². The second-order valence-electron chi connectivity index (χ2n) is 2.88. The summed E-state index contributed by atoms with van der Waals surface area (Å²) < 4.78 is 18.2. The largest absolute Gasteiger partial charge is 0.383 e. The third-order valence-corrected chi connectivity index (χ3v) is 2.44. The Morgan fingerprint density at radius 2 is 2.33 bits per heavy atom. The van der Waals surface area contributed by atoms with Crippen LogP contribution in [0.25, 0.3) is 0 Å². The number of nitrogens with zero attached hydrogens (tertiary/aromatic N) is 1. The molecule has 0 bridgehead atoms. The summed E-state index contributed by atoms with van der Waals surface area (Å²) in [6.07, 6.45) is 0. The number of benzene rings is 1. The van der Waals surface area contributed by atoms with Crippen LogP contribution in [0.15, 0.2) is 27.7 Å². The van der Waals surface area contributed by atoms with Gasteiger partial charge in [0, 0.05) is 17.1 Å². The number of ether oxygens (including phenoxy) is 1. The summed E-state index contributed by atoms with van der Waals surface area (Å²) in [6.45, 7) is 1.01. The van der Waals surface area contributed by atoms with Gasteiger partial charge in [-0.25, -0.2) is 4.39 Å². The monoisotopic (exact) mass is 274 g/mol. The first-order chi connectivity index (χ1) is 7.15. The van der Waals surface area contributed by atoms with E-state index in [9.17, 15) is 4.39 Å². The van der Waals surface area contributed by atoms with Crippen molar-refractivity contribution in [2.75, 3.05) is 20.3 Å². The number of rotatable bonds is 4. The Hall–Kier alpha value is -0.940. The van der Waals surface area contributed by atoms with Crippen molar-refractivity contribution in [2.45, 2.75) is 0 Å². The SMILES string of the molecule is COCCN=C(N)c1ccc(F)cc1Br. The maximum Gasteiger partial charge on any atom is 0.126 e. The maximum absolute atomic E-state index is 12.8. The van der Waals surface area contributed by atoms with Crippen LogP contribution in [0.3, 0.4) is 0 Å². The second kappa shape index (κ2) is 5.82. The summed E-state index contributed by atoms with van der Waals surface area (Å²) in [7, 11) is 1.60. The molecular weight excluding hydrogens is 263 g/mol. The molecular formula is C10H12BrFN2O. The van der Waals surface area contributed by atoms with E-state index in [-0.39, 0.29) is 5.82 Å². The molecule has 0 spiro atoms. The molecule has 82 valence electrons. The molecule has 1 rings (SSSR count). The third kappa shape index (κ3) is 3.60. The molecule has 0 heterocycles. The summed E-state index contributed by atoms with van der Waals surface area (Å²) in [5.41, 5.74) is 6.42. The van der Waals surface area contributed by atoms with Gasteiger partial charge >= 0.3 is 0 Å². The van der Waals surface area contributed by atoms with Gasteiger partial charge in [0.15, 0.2) is 0 Å². The summed E-state index contributed by atoms with van der Waals surface area (Å²) >= 11 is 3.22. The van der Waals surface area contributed by atoms with Crippen molar-refractivity contribution in [1.29, 1.82) is 0 Å². The predicted octanol–water partition coefficient (Wildman–Crippen LogP) is 1.94. The minimum absolute atomic E-state index is 0.310. The van der Waals surface area contributed by atoms with E-state index >= 15 is 0 Å². The molecule has 0 aliphatic rings. The molecule has 3 nitrogen and oxygen atoms in total. The van der Waals surface area contributed by atoms with Crippen molar-refractivity contribution in [3.05, 3.63) is 34.1 Å². The fraction of sp³-hybridized carbons (Fsp3) is 0.300. The number of methoxy groups -OCH3 is 1. The van der Waals surface area contributed by atoms with Crippen molar-refractivity contribution < 1.29 is 9.13 Å². The number of nitrogens with two attached hydrogens (primary N) is 1. The number of hydrogen-bond acceptors (Lipinski definition) is 2. The molecule has 1 aromatic carbocycles. The Morgan fingerprint density at radius 1 is 1.60 bits per heavy atom. The Bertz CT molecular complexity index is 368. The summed E-state index contributed by atoms with van der Waals surface area (Å²) in [4.78, 5) is 4.09. The molecule has 5 heteroatoms. The van der Waals surface area contributed by atoms with Crippen LogP contribution >= 0.6 is 15.9 Å². The molecule has 1 aromatic rings. The van der Waals surface area contributed by atoms with Crippen molar-refractivity contribution in [3.8, 4) is 0 Å². The topological polar surface area (TPSA) is 47.6 Å². The zero-order valence-electron chi connectivity index (χ0n) is 8.34. The third-order valence-electron chi connectivity index (χ3n) is 1.78. The van der Waals surface area contributed by atoms with Gasteiger partial charge in [0.2, 0.25) is 0 Å². The Kier molecular flexibility index (Phi) is 4.71. The zero-order chi connectivity index (χ0) is 11.3. The van der Waals surface area contributed by atoms with Gasteiger partial charge in [-0.15, -0.1) is 0 Å². The van der Waals surface area contributed by atoms with Crippen molar-refractivity contribution in [1.82, 2.24) is 0 Å². The molecule has 2 N–H and O–H groups in total. The highest BCUT2D eigenvalue weighted by atomic mass is 79.9. The number of aliphatic imine (C=N–C) groups is 1. The number of amidine groups is 1. The number of hydrogen-bond donors (Lipinski definition) is 1. The molecule has 0 amide bonds. The van der Waals surface area contributed by atoms with Gasteiger partial charge in [-0.1, -0.05) is 0 Å². The molecule has 0 aliphatic heterocycles. The first-order valence-electron chi connectivity index (χ1n) is 4.39. The van der Waals surface area contributed by atoms with Gasteiger partial charge in [-0.3, -0.25) is 4.99 Å². The van der Waals surface area contributed by atoms with Crippen LogP contribution in [0.4, 0.5) is 4.39 Å². The lowest BCUT2D eigenvalue weighted by Crippen LogP contribution is -2.15. The molecule has 0 atom stereocenters. The smallest absolute Gasteiger partial charge is 0.126 e. The van der Waals surface area contributed by atoms with Crippen LogP contribution in [0, 0.1) is 5.82 Å². The van der Waals surface area contributed by atoms with Gasteiger partial charge in [-0.2, -0.15) is 0 Å². The van der Waals surface area contributed by atoms with Gasteiger partial charge in [0.1, 0.15) is 11.7 Å². The van der Waals surface area contributed by atoms with Crippen molar-refractivity contribution in [2.24, 2.45) is 10.7 Å². The molecule has 0 aromatic heterocycles. The molecule has 0 saturated heterocycles. The normalized spacial score (nSPS) is 11.8. The summed E-state index contributed by atoms with van der Waals surface area (Å²) in [5.74, 6) is 0.0641. The molecule has 0 aliphatic carbocycles. The van der Waals surface area contributed by atoms with E-state index in [1.165, 1.54) is 12.1 Å². The van der Waals surface area contributed by atoms with E-state index in [1.807, 2.05) is 0 Å². The zero-order valence-corrected chi connectivity index (χ0v) is 9.92. The average Bonchev–Trinajstić information content (AvgIpc) is 2.17. The van der Waals surface area contributed by atoms with E-state index < -0.39 is 0 Å². The fourth-order valence-corrected chi connectivity index (χ4v) is 1.59. The molecule has 0 radical (unpaired) electrons. The number of halogens is 2.